The topological polar surface area (TPSA) is 44.1 Å². The van der Waals surface area contributed by atoms with Gasteiger partial charge in [0, 0.05) is 17.3 Å². The molecule has 4 nitrogen and oxygen atoms in total. The maximum absolute atomic E-state index is 11.4. The number of rotatable bonds is 5. The fourth-order valence-electron chi connectivity index (χ4n) is 2.48. The second-order valence-corrected chi connectivity index (χ2v) is 5.21. The van der Waals surface area contributed by atoms with Gasteiger partial charge in [-0.15, -0.1) is 0 Å². The molecule has 0 radical (unpaired) electrons. The number of hydrogen-bond donors (Lipinski definition) is 0. The molecular formula is C19H18N2O2. The van der Waals surface area contributed by atoms with Crippen LogP contribution in [0.4, 0.5) is 0 Å². The van der Waals surface area contributed by atoms with Gasteiger partial charge in [-0.1, -0.05) is 60.7 Å². The quantitative estimate of drug-likeness (QED) is 0.674. The number of esters is 1. The van der Waals surface area contributed by atoms with Crippen molar-refractivity contribution in [2.24, 2.45) is 0 Å². The number of nitrogens with zero attached hydrogens (tertiary/aromatic N) is 2. The molecule has 1 aromatic heterocycles. The standard InChI is InChI=1S/C19H18N2O2/c1-23-18(22)12-13-21-14-17(15-8-4-2-5-9-15)19(20-21)16-10-6-3-7-11-16/h2-11,14H,12-13H2,1H3. The minimum atomic E-state index is -0.233. The summed E-state index contributed by atoms with van der Waals surface area (Å²) in [6, 6.07) is 20.2. The van der Waals surface area contributed by atoms with Crippen LogP contribution in [0.1, 0.15) is 6.42 Å². The molecule has 0 saturated carbocycles. The number of benzene rings is 2. The summed E-state index contributed by atoms with van der Waals surface area (Å²) >= 11 is 0. The predicted molar refractivity (Wildman–Crippen MR) is 89.7 cm³/mol. The summed E-state index contributed by atoms with van der Waals surface area (Å²) < 4.78 is 6.51. The molecule has 0 aliphatic heterocycles. The molecule has 0 atom stereocenters. The molecule has 0 fully saturated rings. The van der Waals surface area contributed by atoms with Crippen molar-refractivity contribution in [1.29, 1.82) is 0 Å². The van der Waals surface area contributed by atoms with E-state index in [0.717, 1.165) is 22.4 Å². The van der Waals surface area contributed by atoms with Crippen LogP contribution in [-0.4, -0.2) is 22.9 Å². The zero-order chi connectivity index (χ0) is 16.1. The third kappa shape index (κ3) is 3.48. The third-order valence-electron chi connectivity index (χ3n) is 3.67. The lowest BCUT2D eigenvalue weighted by Crippen LogP contribution is -2.07. The van der Waals surface area contributed by atoms with Gasteiger partial charge in [0.05, 0.1) is 20.1 Å². The molecule has 3 aromatic rings. The van der Waals surface area contributed by atoms with Crippen LogP contribution in [0.2, 0.25) is 0 Å². The van der Waals surface area contributed by atoms with E-state index in [2.05, 4.69) is 17.2 Å². The number of carbonyl (C=O) groups is 1. The van der Waals surface area contributed by atoms with Crippen molar-refractivity contribution in [3.8, 4) is 22.4 Å². The second kappa shape index (κ2) is 6.92. The molecule has 23 heavy (non-hydrogen) atoms. The summed E-state index contributed by atoms with van der Waals surface area (Å²) in [6.07, 6.45) is 2.29. The predicted octanol–water partition coefficient (Wildman–Crippen LogP) is 3.78. The average molecular weight is 306 g/mol. The van der Waals surface area contributed by atoms with Gasteiger partial charge in [-0.05, 0) is 5.56 Å². The van der Waals surface area contributed by atoms with Crippen molar-refractivity contribution >= 4 is 5.97 Å². The summed E-state index contributed by atoms with van der Waals surface area (Å²) in [4.78, 5) is 11.4. The first-order chi connectivity index (χ1) is 11.3. The summed E-state index contributed by atoms with van der Waals surface area (Å²) in [7, 11) is 1.40. The van der Waals surface area contributed by atoms with Crippen LogP contribution in [0.5, 0.6) is 0 Å². The van der Waals surface area contributed by atoms with Crippen LogP contribution in [-0.2, 0) is 16.1 Å². The monoisotopic (exact) mass is 306 g/mol. The number of hydrogen-bond acceptors (Lipinski definition) is 3. The van der Waals surface area contributed by atoms with E-state index in [1.165, 1.54) is 7.11 Å². The Morgan fingerprint density at radius 2 is 1.61 bits per heavy atom. The number of aryl methyl sites for hydroxylation is 1. The van der Waals surface area contributed by atoms with Crippen molar-refractivity contribution in [3.05, 3.63) is 66.9 Å². The molecule has 0 saturated heterocycles. The molecule has 0 spiro atoms. The lowest BCUT2D eigenvalue weighted by Gasteiger charge is -2.02. The van der Waals surface area contributed by atoms with Crippen molar-refractivity contribution in [2.75, 3.05) is 7.11 Å². The average Bonchev–Trinajstić information content (AvgIpc) is 3.05. The molecule has 0 amide bonds. The first-order valence-electron chi connectivity index (χ1n) is 7.53. The zero-order valence-electron chi connectivity index (χ0n) is 13.0. The van der Waals surface area contributed by atoms with Gasteiger partial charge in [-0.3, -0.25) is 9.48 Å². The first kappa shape index (κ1) is 15.0. The number of methoxy groups -OCH3 is 1. The number of ether oxygens (including phenoxy) is 1. The van der Waals surface area contributed by atoms with Crippen molar-refractivity contribution < 1.29 is 9.53 Å². The molecule has 116 valence electrons. The lowest BCUT2D eigenvalue weighted by atomic mass is 10.0. The first-order valence-corrected chi connectivity index (χ1v) is 7.53. The van der Waals surface area contributed by atoms with E-state index in [9.17, 15) is 4.79 Å². The van der Waals surface area contributed by atoms with Gasteiger partial charge in [0.25, 0.3) is 0 Å². The van der Waals surface area contributed by atoms with Crippen LogP contribution < -0.4 is 0 Å². The van der Waals surface area contributed by atoms with Gasteiger partial charge in [0.2, 0.25) is 0 Å². The molecule has 4 heteroatoms. The fourth-order valence-corrected chi connectivity index (χ4v) is 2.48. The zero-order valence-corrected chi connectivity index (χ0v) is 13.0. The Morgan fingerprint density at radius 3 is 2.22 bits per heavy atom. The van der Waals surface area contributed by atoms with Crippen LogP contribution in [0.15, 0.2) is 66.9 Å². The van der Waals surface area contributed by atoms with Crippen molar-refractivity contribution in [3.63, 3.8) is 0 Å². The van der Waals surface area contributed by atoms with Crippen LogP contribution in [0, 0.1) is 0 Å². The van der Waals surface area contributed by atoms with E-state index >= 15 is 0 Å². The molecule has 0 aliphatic carbocycles. The van der Waals surface area contributed by atoms with Gasteiger partial charge in [0.15, 0.2) is 0 Å². The maximum atomic E-state index is 11.4. The van der Waals surface area contributed by atoms with E-state index in [-0.39, 0.29) is 5.97 Å². The molecule has 1 heterocycles. The van der Waals surface area contributed by atoms with Crippen LogP contribution >= 0.6 is 0 Å². The van der Waals surface area contributed by atoms with E-state index in [4.69, 9.17) is 4.74 Å². The summed E-state index contributed by atoms with van der Waals surface area (Å²) in [5.74, 6) is -0.233. The van der Waals surface area contributed by atoms with E-state index in [1.807, 2.05) is 59.4 Å². The molecule has 0 bridgehead atoms. The van der Waals surface area contributed by atoms with Crippen LogP contribution in [0.3, 0.4) is 0 Å². The van der Waals surface area contributed by atoms with Crippen molar-refractivity contribution in [2.45, 2.75) is 13.0 Å². The van der Waals surface area contributed by atoms with Gasteiger partial charge in [0.1, 0.15) is 5.69 Å². The van der Waals surface area contributed by atoms with Gasteiger partial charge in [-0.25, -0.2) is 0 Å². The van der Waals surface area contributed by atoms with Crippen molar-refractivity contribution in [1.82, 2.24) is 9.78 Å². The summed E-state index contributed by atoms with van der Waals surface area (Å²) in [5.41, 5.74) is 4.14. The number of aromatic nitrogens is 2. The van der Waals surface area contributed by atoms with Gasteiger partial charge in [-0.2, -0.15) is 5.10 Å². The fraction of sp³-hybridized carbons (Fsp3) is 0.158. The normalized spacial score (nSPS) is 10.5. The largest absolute Gasteiger partial charge is 0.469 e. The van der Waals surface area contributed by atoms with E-state index in [1.54, 1.807) is 0 Å². The summed E-state index contributed by atoms with van der Waals surface area (Å²) in [6.45, 7) is 0.499. The van der Waals surface area contributed by atoms with E-state index in [0.29, 0.717) is 13.0 Å². The minimum Gasteiger partial charge on any atom is -0.469 e. The molecule has 0 unspecified atom stereocenters. The summed E-state index contributed by atoms with van der Waals surface area (Å²) in [5, 5.41) is 4.67. The Labute approximate surface area is 135 Å². The maximum Gasteiger partial charge on any atom is 0.307 e. The second-order valence-electron chi connectivity index (χ2n) is 5.21. The highest BCUT2D eigenvalue weighted by Gasteiger charge is 2.13. The Morgan fingerprint density at radius 1 is 1.00 bits per heavy atom. The molecule has 3 rings (SSSR count). The van der Waals surface area contributed by atoms with Gasteiger partial charge >= 0.3 is 5.97 Å². The smallest absolute Gasteiger partial charge is 0.307 e. The highest BCUT2D eigenvalue weighted by atomic mass is 16.5. The minimum absolute atomic E-state index is 0.233. The molecule has 0 N–H and O–H groups in total. The Kier molecular flexibility index (Phi) is 4.52. The molecule has 0 aliphatic rings. The molecule has 2 aromatic carbocycles. The lowest BCUT2D eigenvalue weighted by molar-refractivity contribution is -0.140. The van der Waals surface area contributed by atoms with Gasteiger partial charge < -0.3 is 4.74 Å². The highest BCUT2D eigenvalue weighted by Crippen LogP contribution is 2.30. The number of carbonyl (C=O) groups excluding carboxylic acids is 1. The van der Waals surface area contributed by atoms with E-state index < -0.39 is 0 Å². The SMILES string of the molecule is COC(=O)CCn1cc(-c2ccccc2)c(-c2ccccc2)n1. The third-order valence-corrected chi connectivity index (χ3v) is 3.67. The Hall–Kier alpha value is -2.88. The Balaban J connectivity index is 1.99. The van der Waals surface area contributed by atoms with Crippen LogP contribution in [0.25, 0.3) is 22.4 Å². The molecular weight excluding hydrogens is 288 g/mol. The Bertz CT molecular complexity index is 723. The highest BCUT2D eigenvalue weighted by molar-refractivity contribution is 5.80.